The third-order valence-electron chi connectivity index (χ3n) is 5.71. The van der Waals surface area contributed by atoms with E-state index >= 15 is 0 Å². The monoisotopic (exact) mass is 558 g/mol. The molecule has 0 amide bonds. The lowest BCUT2D eigenvalue weighted by Crippen LogP contribution is -2.40. The van der Waals surface area contributed by atoms with Crippen LogP contribution in [0.3, 0.4) is 0 Å². The van der Waals surface area contributed by atoms with Gasteiger partial charge in [0.05, 0.1) is 35.1 Å². The molecule has 1 atom stereocenters. The number of carbonyl (C=O) groups is 1. The zero-order valence-corrected chi connectivity index (χ0v) is 23.4. The summed E-state index contributed by atoms with van der Waals surface area (Å²) < 4.78 is 13.3. The van der Waals surface area contributed by atoms with Gasteiger partial charge in [-0.25, -0.2) is 9.79 Å². The van der Waals surface area contributed by atoms with E-state index in [1.807, 2.05) is 45.0 Å². The quantitative estimate of drug-likeness (QED) is 0.341. The largest absolute Gasteiger partial charge is 0.494 e. The molecule has 4 rings (SSSR count). The number of nitrogens with zero attached hydrogens (tertiary/aromatic N) is 2. The molecule has 3 aromatic rings. The highest BCUT2D eigenvalue weighted by Gasteiger charge is 2.33. The first-order valence-electron chi connectivity index (χ1n) is 12.1. The van der Waals surface area contributed by atoms with Crippen LogP contribution in [0, 0.1) is 5.92 Å². The van der Waals surface area contributed by atoms with Crippen LogP contribution >= 0.6 is 34.5 Å². The van der Waals surface area contributed by atoms with Crippen molar-refractivity contribution in [3.8, 4) is 5.75 Å². The Hall–Kier alpha value is -2.87. The van der Waals surface area contributed by atoms with E-state index in [2.05, 4.69) is 4.99 Å². The zero-order chi connectivity index (χ0) is 26.7. The van der Waals surface area contributed by atoms with Gasteiger partial charge in [-0.3, -0.25) is 9.36 Å². The number of carbonyl (C=O) groups excluding carboxylic acids is 1. The Balaban J connectivity index is 1.86. The first-order chi connectivity index (χ1) is 17.7. The normalized spacial score (nSPS) is 15.5. The number of hydrogen-bond acceptors (Lipinski definition) is 6. The van der Waals surface area contributed by atoms with E-state index in [0.29, 0.717) is 42.8 Å². The topological polar surface area (TPSA) is 69.9 Å². The molecule has 9 heteroatoms. The van der Waals surface area contributed by atoms with Crippen molar-refractivity contribution in [1.29, 1.82) is 0 Å². The predicted molar refractivity (Wildman–Crippen MR) is 148 cm³/mol. The minimum Gasteiger partial charge on any atom is -0.494 e. The van der Waals surface area contributed by atoms with Crippen LogP contribution in [0.15, 0.2) is 63.5 Å². The predicted octanol–water partition coefficient (Wildman–Crippen LogP) is 5.53. The Labute approximate surface area is 229 Å². The molecule has 0 aliphatic carbocycles. The maximum atomic E-state index is 13.7. The van der Waals surface area contributed by atoms with E-state index in [-0.39, 0.29) is 18.1 Å². The fraction of sp³-hybridized carbons (Fsp3) is 0.321. The summed E-state index contributed by atoms with van der Waals surface area (Å²) in [6.07, 6.45) is 2.61. The molecule has 1 aliphatic rings. The number of rotatable bonds is 8. The number of ether oxygens (including phenoxy) is 2. The second-order valence-corrected chi connectivity index (χ2v) is 11.0. The van der Waals surface area contributed by atoms with Crippen molar-refractivity contribution >= 4 is 46.6 Å². The van der Waals surface area contributed by atoms with Crippen molar-refractivity contribution in [1.82, 2.24) is 4.57 Å². The molecular formula is C28H28Cl2N2O4S. The Morgan fingerprint density at radius 3 is 2.57 bits per heavy atom. The molecule has 0 radical (unpaired) electrons. The number of halogens is 2. The molecule has 0 spiro atoms. The maximum absolute atomic E-state index is 13.7. The van der Waals surface area contributed by atoms with Gasteiger partial charge < -0.3 is 9.47 Å². The summed E-state index contributed by atoms with van der Waals surface area (Å²) in [5.41, 5.74) is 2.01. The van der Waals surface area contributed by atoms with E-state index in [0.717, 1.165) is 17.7 Å². The van der Waals surface area contributed by atoms with Gasteiger partial charge in [0.1, 0.15) is 5.75 Å². The van der Waals surface area contributed by atoms with Crippen LogP contribution in [0.4, 0.5) is 0 Å². The SMILES string of the molecule is CCCOc1ccc(C2C(C(=O)OCC(C)C)=C(C)N=c3s/c(=C\c4ccc(Cl)cc4Cl)c(=O)n32)cc1. The van der Waals surface area contributed by atoms with Gasteiger partial charge in [-0.05, 0) is 60.7 Å². The summed E-state index contributed by atoms with van der Waals surface area (Å²) in [7, 11) is 0. The number of hydrogen-bond donors (Lipinski definition) is 0. The van der Waals surface area contributed by atoms with Crippen molar-refractivity contribution in [2.75, 3.05) is 13.2 Å². The lowest BCUT2D eigenvalue weighted by Gasteiger charge is -2.25. The van der Waals surface area contributed by atoms with E-state index in [1.54, 1.807) is 35.8 Å². The maximum Gasteiger partial charge on any atom is 0.338 e. The first kappa shape index (κ1) is 27.2. The second kappa shape index (κ2) is 11.7. The van der Waals surface area contributed by atoms with Gasteiger partial charge in [0.25, 0.3) is 5.56 Å². The Kier molecular flexibility index (Phi) is 8.57. The van der Waals surface area contributed by atoms with E-state index in [9.17, 15) is 9.59 Å². The van der Waals surface area contributed by atoms with E-state index in [4.69, 9.17) is 32.7 Å². The number of aromatic nitrogens is 1. The second-order valence-electron chi connectivity index (χ2n) is 9.16. The van der Waals surface area contributed by atoms with Gasteiger partial charge in [0, 0.05) is 10.0 Å². The van der Waals surface area contributed by atoms with Crippen molar-refractivity contribution in [2.24, 2.45) is 10.9 Å². The smallest absolute Gasteiger partial charge is 0.338 e. The highest BCUT2D eigenvalue weighted by Crippen LogP contribution is 2.32. The summed E-state index contributed by atoms with van der Waals surface area (Å²) >= 11 is 13.6. The van der Waals surface area contributed by atoms with Gasteiger partial charge >= 0.3 is 5.97 Å². The van der Waals surface area contributed by atoms with Crippen molar-refractivity contribution < 1.29 is 14.3 Å². The fourth-order valence-electron chi connectivity index (χ4n) is 3.94. The van der Waals surface area contributed by atoms with Crippen LogP contribution in [0.2, 0.25) is 10.0 Å². The average molecular weight is 560 g/mol. The third-order valence-corrected chi connectivity index (χ3v) is 7.25. The number of fused-ring (bicyclic) bond motifs is 1. The highest BCUT2D eigenvalue weighted by atomic mass is 35.5. The van der Waals surface area contributed by atoms with Crippen LogP contribution in [0.5, 0.6) is 5.75 Å². The molecule has 0 bridgehead atoms. The molecule has 0 saturated heterocycles. The standard InChI is InChI=1S/C28H28Cl2N2O4S/c1-5-12-35-21-10-7-18(8-11-21)25-24(27(34)36-15-16(2)3)17(4)31-28-32(25)26(33)23(37-28)13-19-6-9-20(29)14-22(19)30/h6-11,13-14,16,25H,5,12,15H2,1-4H3/b23-13-. The molecule has 0 fully saturated rings. The molecule has 1 aliphatic heterocycles. The van der Waals surface area contributed by atoms with Crippen molar-refractivity contribution in [3.63, 3.8) is 0 Å². The Morgan fingerprint density at radius 1 is 1.19 bits per heavy atom. The number of benzene rings is 2. The summed E-state index contributed by atoms with van der Waals surface area (Å²) in [5.74, 6) is 0.407. The average Bonchev–Trinajstić information content (AvgIpc) is 3.16. The number of thiazole rings is 1. The van der Waals surface area contributed by atoms with Crippen LogP contribution < -0.4 is 19.6 Å². The van der Waals surface area contributed by atoms with Gasteiger partial charge in [-0.1, -0.05) is 73.5 Å². The molecule has 2 aromatic carbocycles. The highest BCUT2D eigenvalue weighted by molar-refractivity contribution is 7.07. The molecule has 1 aromatic heterocycles. The fourth-order valence-corrected chi connectivity index (χ4v) is 5.44. The third kappa shape index (κ3) is 6.00. The van der Waals surface area contributed by atoms with Crippen LogP contribution in [0.1, 0.15) is 51.3 Å². The molecule has 194 valence electrons. The van der Waals surface area contributed by atoms with Gasteiger partial charge in [-0.15, -0.1) is 0 Å². The van der Waals surface area contributed by atoms with E-state index < -0.39 is 12.0 Å². The molecule has 37 heavy (non-hydrogen) atoms. The van der Waals surface area contributed by atoms with Crippen molar-refractivity contribution in [3.05, 3.63) is 94.6 Å². The number of allylic oxidation sites excluding steroid dienone is 1. The van der Waals surface area contributed by atoms with Crippen LogP contribution in [-0.4, -0.2) is 23.8 Å². The zero-order valence-electron chi connectivity index (χ0n) is 21.1. The molecular weight excluding hydrogens is 531 g/mol. The van der Waals surface area contributed by atoms with Crippen molar-refractivity contribution in [2.45, 2.75) is 40.2 Å². The summed E-state index contributed by atoms with van der Waals surface area (Å²) in [6.45, 7) is 8.62. The Bertz CT molecular complexity index is 1520. The van der Waals surface area contributed by atoms with Crippen LogP contribution in [0.25, 0.3) is 6.08 Å². The molecule has 1 unspecified atom stereocenters. The van der Waals surface area contributed by atoms with Gasteiger partial charge in [0.15, 0.2) is 4.80 Å². The summed E-state index contributed by atoms with van der Waals surface area (Å²) in [6, 6.07) is 11.8. The lowest BCUT2D eigenvalue weighted by molar-refractivity contribution is -0.140. The molecule has 6 nitrogen and oxygen atoms in total. The molecule has 0 saturated carbocycles. The number of esters is 1. The lowest BCUT2D eigenvalue weighted by atomic mass is 9.96. The van der Waals surface area contributed by atoms with Gasteiger partial charge in [-0.2, -0.15) is 0 Å². The minimum atomic E-state index is -0.695. The Morgan fingerprint density at radius 2 is 1.92 bits per heavy atom. The first-order valence-corrected chi connectivity index (χ1v) is 13.6. The summed E-state index contributed by atoms with van der Waals surface area (Å²) in [4.78, 5) is 32.2. The molecule has 2 heterocycles. The summed E-state index contributed by atoms with van der Waals surface area (Å²) in [5, 5.41) is 0.946. The van der Waals surface area contributed by atoms with Crippen LogP contribution in [-0.2, 0) is 9.53 Å². The van der Waals surface area contributed by atoms with Gasteiger partial charge in [0.2, 0.25) is 0 Å². The van der Waals surface area contributed by atoms with E-state index in [1.165, 1.54) is 11.3 Å². The minimum absolute atomic E-state index is 0.170. The molecule has 0 N–H and O–H groups in total.